The van der Waals surface area contributed by atoms with Crippen LogP contribution in [0.3, 0.4) is 0 Å². The van der Waals surface area contributed by atoms with Crippen LogP contribution in [0.4, 0.5) is 4.39 Å². The topological polar surface area (TPSA) is 0 Å². The Morgan fingerprint density at radius 2 is 1.23 bits per heavy atom. The van der Waals surface area contributed by atoms with Crippen molar-refractivity contribution in [1.82, 2.24) is 0 Å². The van der Waals surface area contributed by atoms with E-state index in [0.29, 0.717) is 11.8 Å². The molecule has 0 saturated heterocycles. The maximum absolute atomic E-state index is 13.2. The second kappa shape index (κ2) is 10.1. The molecular formula is C29H39F. The molecule has 0 spiro atoms. The Bertz CT molecular complexity index is 759. The van der Waals surface area contributed by atoms with Crippen molar-refractivity contribution in [2.45, 2.75) is 95.8 Å². The van der Waals surface area contributed by atoms with E-state index in [0.717, 1.165) is 17.8 Å². The van der Waals surface area contributed by atoms with Gasteiger partial charge in [0, 0.05) is 0 Å². The van der Waals surface area contributed by atoms with E-state index >= 15 is 0 Å². The molecule has 2 aromatic carbocycles. The molecule has 2 fully saturated rings. The monoisotopic (exact) mass is 406 g/mol. The first-order chi connectivity index (χ1) is 14.6. The number of hydrogen-bond donors (Lipinski definition) is 0. The molecule has 30 heavy (non-hydrogen) atoms. The third-order valence-electron chi connectivity index (χ3n) is 8.30. The zero-order valence-corrected chi connectivity index (χ0v) is 19.0. The molecule has 1 unspecified atom stereocenters. The highest BCUT2D eigenvalue weighted by atomic mass is 19.1. The largest absolute Gasteiger partial charge is 0.207 e. The van der Waals surface area contributed by atoms with E-state index in [-0.39, 0.29) is 5.82 Å². The lowest BCUT2D eigenvalue weighted by Gasteiger charge is -2.33. The van der Waals surface area contributed by atoms with Crippen LogP contribution < -0.4 is 0 Å². The van der Waals surface area contributed by atoms with Gasteiger partial charge < -0.3 is 0 Å². The van der Waals surface area contributed by atoms with Crippen LogP contribution in [-0.2, 0) is 0 Å². The van der Waals surface area contributed by atoms with Crippen molar-refractivity contribution in [3.05, 3.63) is 71.0 Å². The Morgan fingerprint density at radius 1 is 0.733 bits per heavy atom. The summed E-state index contributed by atoms with van der Waals surface area (Å²) in [5, 5.41) is 0. The minimum Gasteiger partial charge on any atom is -0.207 e. The SMILES string of the molecule is CCC[C@H]1CC[C@H](c2ccc(C(C)[C@H]3CC[C@H](c4ccc(F)cc4)CC3)cc2)CC1. The summed E-state index contributed by atoms with van der Waals surface area (Å²) in [6, 6.07) is 16.9. The molecule has 1 heteroatoms. The van der Waals surface area contributed by atoms with Gasteiger partial charge >= 0.3 is 0 Å². The molecule has 2 saturated carbocycles. The van der Waals surface area contributed by atoms with Crippen molar-refractivity contribution in [2.24, 2.45) is 11.8 Å². The van der Waals surface area contributed by atoms with Gasteiger partial charge in [-0.2, -0.15) is 0 Å². The maximum Gasteiger partial charge on any atom is 0.123 e. The molecule has 0 amide bonds. The molecule has 0 N–H and O–H groups in total. The molecular weight excluding hydrogens is 367 g/mol. The summed E-state index contributed by atoms with van der Waals surface area (Å²) in [7, 11) is 0. The van der Waals surface area contributed by atoms with E-state index in [4.69, 9.17) is 0 Å². The molecule has 162 valence electrons. The first-order valence-corrected chi connectivity index (χ1v) is 12.5. The third kappa shape index (κ3) is 5.16. The molecule has 0 heterocycles. The summed E-state index contributed by atoms with van der Waals surface area (Å²) < 4.78 is 13.2. The fourth-order valence-corrected chi connectivity index (χ4v) is 6.22. The van der Waals surface area contributed by atoms with Gasteiger partial charge in [0.1, 0.15) is 5.82 Å². The second-order valence-corrected chi connectivity index (χ2v) is 10.1. The van der Waals surface area contributed by atoms with Gasteiger partial charge in [-0.3, -0.25) is 0 Å². The minimum absolute atomic E-state index is 0.126. The summed E-state index contributed by atoms with van der Waals surface area (Å²) >= 11 is 0. The van der Waals surface area contributed by atoms with E-state index in [9.17, 15) is 4.39 Å². The predicted octanol–water partition coefficient (Wildman–Crippen LogP) is 8.98. The lowest BCUT2D eigenvalue weighted by Crippen LogP contribution is -2.18. The summed E-state index contributed by atoms with van der Waals surface area (Å²) in [4.78, 5) is 0. The predicted molar refractivity (Wildman–Crippen MR) is 126 cm³/mol. The Balaban J connectivity index is 1.30. The van der Waals surface area contributed by atoms with Crippen LogP contribution in [-0.4, -0.2) is 0 Å². The average Bonchev–Trinajstić information content (AvgIpc) is 2.80. The van der Waals surface area contributed by atoms with Crippen molar-refractivity contribution < 1.29 is 4.39 Å². The van der Waals surface area contributed by atoms with Crippen molar-refractivity contribution in [3.8, 4) is 0 Å². The average molecular weight is 407 g/mol. The van der Waals surface area contributed by atoms with Crippen molar-refractivity contribution in [3.63, 3.8) is 0 Å². The highest BCUT2D eigenvalue weighted by molar-refractivity contribution is 5.28. The van der Waals surface area contributed by atoms with Gasteiger partial charge in [0.15, 0.2) is 0 Å². The Labute approximate surface area is 183 Å². The van der Waals surface area contributed by atoms with Gasteiger partial charge in [0.2, 0.25) is 0 Å². The molecule has 0 bridgehead atoms. The molecule has 2 aliphatic carbocycles. The van der Waals surface area contributed by atoms with Crippen molar-refractivity contribution in [1.29, 1.82) is 0 Å². The molecule has 4 rings (SSSR count). The van der Waals surface area contributed by atoms with Crippen LogP contribution in [0.2, 0.25) is 0 Å². The number of benzene rings is 2. The highest BCUT2D eigenvalue weighted by Gasteiger charge is 2.27. The van der Waals surface area contributed by atoms with Crippen molar-refractivity contribution >= 4 is 0 Å². The zero-order chi connectivity index (χ0) is 20.9. The normalized spacial score (nSPS) is 28.2. The first-order valence-electron chi connectivity index (χ1n) is 12.5. The summed E-state index contributed by atoms with van der Waals surface area (Å²) in [6.07, 6.45) is 13.4. The third-order valence-corrected chi connectivity index (χ3v) is 8.30. The minimum atomic E-state index is -0.126. The van der Waals surface area contributed by atoms with Gasteiger partial charge in [0.25, 0.3) is 0 Å². The van der Waals surface area contributed by atoms with Crippen LogP contribution >= 0.6 is 0 Å². The Hall–Kier alpha value is -1.63. The maximum atomic E-state index is 13.2. The molecule has 0 aromatic heterocycles. The fraction of sp³-hybridized carbons (Fsp3) is 0.586. The lowest BCUT2D eigenvalue weighted by atomic mass is 9.72. The molecule has 2 aromatic rings. The van der Waals surface area contributed by atoms with Crippen LogP contribution in [0.5, 0.6) is 0 Å². The van der Waals surface area contributed by atoms with Crippen LogP contribution in [0.25, 0.3) is 0 Å². The van der Waals surface area contributed by atoms with Gasteiger partial charge in [-0.1, -0.05) is 63.1 Å². The van der Waals surface area contributed by atoms with E-state index in [2.05, 4.69) is 38.1 Å². The number of rotatable bonds is 6. The summed E-state index contributed by atoms with van der Waals surface area (Å²) in [6.45, 7) is 4.75. The van der Waals surface area contributed by atoms with E-state index in [1.54, 1.807) is 17.7 Å². The molecule has 0 nitrogen and oxygen atoms in total. The fourth-order valence-electron chi connectivity index (χ4n) is 6.22. The van der Waals surface area contributed by atoms with E-state index < -0.39 is 0 Å². The molecule has 1 atom stereocenters. The second-order valence-electron chi connectivity index (χ2n) is 10.1. The van der Waals surface area contributed by atoms with Gasteiger partial charge in [-0.05, 0) is 110 Å². The molecule has 0 aliphatic heterocycles. The van der Waals surface area contributed by atoms with E-state index in [1.807, 2.05) is 12.1 Å². The van der Waals surface area contributed by atoms with Crippen molar-refractivity contribution in [2.75, 3.05) is 0 Å². The quantitative estimate of drug-likeness (QED) is 0.449. The summed E-state index contributed by atoms with van der Waals surface area (Å²) in [5.41, 5.74) is 4.41. The van der Waals surface area contributed by atoms with Crippen LogP contribution in [0, 0.1) is 17.7 Å². The number of halogens is 1. The van der Waals surface area contributed by atoms with Gasteiger partial charge in [-0.25, -0.2) is 4.39 Å². The van der Waals surface area contributed by atoms with Crippen LogP contribution in [0.15, 0.2) is 48.5 Å². The van der Waals surface area contributed by atoms with E-state index in [1.165, 1.54) is 75.3 Å². The Kier molecular flexibility index (Phi) is 7.28. The smallest absolute Gasteiger partial charge is 0.123 e. The van der Waals surface area contributed by atoms with Crippen LogP contribution in [0.1, 0.15) is 112 Å². The zero-order valence-electron chi connectivity index (χ0n) is 19.0. The first kappa shape index (κ1) is 21.6. The highest BCUT2D eigenvalue weighted by Crippen LogP contribution is 2.42. The van der Waals surface area contributed by atoms with Gasteiger partial charge in [-0.15, -0.1) is 0 Å². The lowest BCUT2D eigenvalue weighted by molar-refractivity contribution is 0.290. The summed E-state index contributed by atoms with van der Waals surface area (Å²) in [5.74, 6) is 3.66. The molecule has 0 radical (unpaired) electrons. The number of hydrogen-bond acceptors (Lipinski definition) is 0. The standard InChI is InChI=1S/C29H39F/c1-3-4-22-5-7-25(8-6-22)26-13-9-23(10-14-26)21(2)24-11-15-27(16-12-24)28-17-19-29(30)20-18-28/h9-10,13-14,17-22,24-25,27H,3-8,11-12,15-16H2,1-2H3/t21?,22-,24-,25-,27-. The molecule has 2 aliphatic rings. The van der Waals surface area contributed by atoms with Gasteiger partial charge in [0.05, 0.1) is 0 Å². The Morgan fingerprint density at radius 3 is 1.77 bits per heavy atom.